The van der Waals surface area contributed by atoms with Gasteiger partial charge in [0.2, 0.25) is 0 Å². The maximum atomic E-state index is 11.7. The van der Waals surface area contributed by atoms with Gasteiger partial charge in [-0.25, -0.2) is 4.79 Å². The molecule has 16 heavy (non-hydrogen) atoms. The molecule has 1 unspecified atom stereocenters. The minimum Gasteiger partial charge on any atom is -0.326 e. The molecule has 0 spiro atoms. The fourth-order valence-corrected chi connectivity index (χ4v) is 2.35. The van der Waals surface area contributed by atoms with Gasteiger partial charge in [-0.1, -0.05) is 12.1 Å². The van der Waals surface area contributed by atoms with Crippen LogP contribution in [0, 0.1) is 0 Å². The predicted molar refractivity (Wildman–Crippen MR) is 60.5 cm³/mol. The number of nitrogens with one attached hydrogen (secondary N) is 1. The highest BCUT2D eigenvalue weighted by atomic mass is 16.2. The van der Waals surface area contributed by atoms with E-state index in [1.165, 1.54) is 0 Å². The zero-order valence-electron chi connectivity index (χ0n) is 8.56. The first kappa shape index (κ1) is 9.35. The molecule has 0 bridgehead atoms. The molecule has 0 saturated carbocycles. The van der Waals surface area contributed by atoms with Gasteiger partial charge in [-0.15, -0.1) is 0 Å². The molecule has 1 aliphatic heterocycles. The molecule has 2 aromatic rings. The van der Waals surface area contributed by atoms with Gasteiger partial charge >= 0.3 is 5.69 Å². The Morgan fingerprint density at radius 3 is 3.00 bits per heavy atom. The van der Waals surface area contributed by atoms with E-state index in [9.17, 15) is 9.59 Å². The van der Waals surface area contributed by atoms with E-state index in [4.69, 9.17) is 5.73 Å². The Labute approximate surface area is 90.5 Å². The molecule has 1 atom stereocenters. The predicted octanol–water partition coefficient (Wildman–Crippen LogP) is -0.427. The van der Waals surface area contributed by atoms with Crippen molar-refractivity contribution in [2.75, 3.05) is 0 Å². The minimum atomic E-state index is -0.375. The third-order valence-electron chi connectivity index (χ3n) is 3.00. The van der Waals surface area contributed by atoms with E-state index >= 15 is 0 Å². The molecule has 2 heterocycles. The Bertz CT molecular complexity index is 684. The number of hydrogen-bond donors (Lipinski definition) is 2. The first-order chi connectivity index (χ1) is 7.66. The van der Waals surface area contributed by atoms with Gasteiger partial charge < -0.3 is 5.73 Å². The monoisotopic (exact) mass is 217 g/mol. The lowest BCUT2D eigenvalue weighted by Gasteiger charge is -2.23. The second-order valence-corrected chi connectivity index (χ2v) is 4.15. The summed E-state index contributed by atoms with van der Waals surface area (Å²) in [6.07, 6.45) is 0.709. The smallest absolute Gasteiger partial charge is 0.326 e. The van der Waals surface area contributed by atoms with Crippen LogP contribution >= 0.6 is 0 Å². The minimum absolute atomic E-state index is 0.0679. The molecule has 0 radical (unpaired) electrons. The molecule has 0 aliphatic carbocycles. The van der Waals surface area contributed by atoms with E-state index in [2.05, 4.69) is 4.98 Å². The molecule has 5 heteroatoms. The summed E-state index contributed by atoms with van der Waals surface area (Å²) in [5.41, 5.74) is 6.89. The Morgan fingerprint density at radius 2 is 2.19 bits per heavy atom. The van der Waals surface area contributed by atoms with Crippen molar-refractivity contribution in [3.8, 4) is 0 Å². The van der Waals surface area contributed by atoms with Crippen LogP contribution in [0.4, 0.5) is 0 Å². The number of hydrogen-bond acceptors (Lipinski definition) is 3. The normalized spacial score (nSPS) is 18.9. The first-order valence-electron chi connectivity index (χ1n) is 5.17. The number of nitrogens with zero attached hydrogens (tertiary/aromatic N) is 1. The molecule has 0 amide bonds. The SMILES string of the molecule is NC1Cc2cccc3c(=O)[nH]c(=O)n(c23)C1. The first-order valence-corrected chi connectivity index (χ1v) is 5.17. The fraction of sp³-hybridized carbons (Fsp3) is 0.273. The van der Waals surface area contributed by atoms with E-state index in [1.807, 2.05) is 12.1 Å². The number of nitrogens with two attached hydrogens (primary N) is 1. The average Bonchev–Trinajstić information content (AvgIpc) is 2.25. The molecule has 1 aromatic carbocycles. The zero-order valence-corrected chi connectivity index (χ0v) is 8.56. The van der Waals surface area contributed by atoms with Crippen LogP contribution in [0.25, 0.3) is 10.9 Å². The number of rotatable bonds is 0. The van der Waals surface area contributed by atoms with Crippen LogP contribution in [0.3, 0.4) is 0 Å². The standard InChI is InChI=1S/C11H11N3O2/c12-7-4-6-2-1-3-8-9(6)14(5-7)11(16)13-10(8)15/h1-3,7H,4-5,12H2,(H,13,15,16). The van der Waals surface area contributed by atoms with Crippen LogP contribution in [0.1, 0.15) is 5.56 Å². The Kier molecular flexibility index (Phi) is 1.79. The second-order valence-electron chi connectivity index (χ2n) is 4.15. The summed E-state index contributed by atoms with van der Waals surface area (Å²) in [6.45, 7) is 0.461. The van der Waals surface area contributed by atoms with Crippen molar-refractivity contribution in [2.45, 2.75) is 19.0 Å². The Hall–Kier alpha value is -1.88. The summed E-state index contributed by atoms with van der Waals surface area (Å²) in [6, 6.07) is 5.39. The van der Waals surface area contributed by atoms with Crippen LogP contribution in [0.5, 0.6) is 0 Å². The molecule has 3 N–H and O–H groups in total. The third-order valence-corrected chi connectivity index (χ3v) is 3.00. The number of aromatic amines is 1. The van der Waals surface area contributed by atoms with E-state index in [0.29, 0.717) is 18.4 Å². The van der Waals surface area contributed by atoms with Crippen LogP contribution in [0.15, 0.2) is 27.8 Å². The van der Waals surface area contributed by atoms with E-state index in [-0.39, 0.29) is 17.3 Å². The van der Waals surface area contributed by atoms with Gasteiger partial charge in [0.15, 0.2) is 0 Å². The number of aromatic nitrogens is 2. The molecular weight excluding hydrogens is 206 g/mol. The molecule has 0 fully saturated rings. The topological polar surface area (TPSA) is 80.9 Å². The van der Waals surface area contributed by atoms with Gasteiger partial charge in [-0.2, -0.15) is 0 Å². The van der Waals surface area contributed by atoms with Gasteiger partial charge in [0.25, 0.3) is 5.56 Å². The van der Waals surface area contributed by atoms with Gasteiger partial charge in [-0.3, -0.25) is 14.3 Å². The molecule has 82 valence electrons. The van der Waals surface area contributed by atoms with Crippen LogP contribution in [0.2, 0.25) is 0 Å². The van der Waals surface area contributed by atoms with Crippen LogP contribution in [-0.2, 0) is 13.0 Å². The average molecular weight is 217 g/mol. The summed E-state index contributed by atoms with van der Waals surface area (Å²) in [7, 11) is 0. The largest absolute Gasteiger partial charge is 0.328 e. The highest BCUT2D eigenvalue weighted by molar-refractivity contribution is 5.81. The summed E-state index contributed by atoms with van der Waals surface area (Å²) in [4.78, 5) is 25.6. The zero-order chi connectivity index (χ0) is 11.3. The second kappa shape index (κ2) is 3.05. The fourth-order valence-electron chi connectivity index (χ4n) is 2.35. The number of H-pyrrole nitrogens is 1. The maximum Gasteiger partial charge on any atom is 0.328 e. The van der Waals surface area contributed by atoms with Crippen molar-refractivity contribution >= 4 is 10.9 Å². The van der Waals surface area contributed by atoms with Gasteiger partial charge in [0.05, 0.1) is 10.9 Å². The van der Waals surface area contributed by atoms with Crippen molar-refractivity contribution in [3.63, 3.8) is 0 Å². The van der Waals surface area contributed by atoms with E-state index in [0.717, 1.165) is 11.1 Å². The van der Waals surface area contributed by atoms with Crippen molar-refractivity contribution in [1.82, 2.24) is 9.55 Å². The van der Waals surface area contributed by atoms with Gasteiger partial charge in [0.1, 0.15) is 0 Å². The number of para-hydroxylation sites is 1. The lowest BCUT2D eigenvalue weighted by Crippen LogP contribution is -2.40. The summed E-state index contributed by atoms with van der Waals surface area (Å²) < 4.78 is 1.56. The maximum absolute atomic E-state index is 11.7. The lowest BCUT2D eigenvalue weighted by atomic mass is 9.99. The Morgan fingerprint density at radius 1 is 1.38 bits per heavy atom. The van der Waals surface area contributed by atoms with Crippen molar-refractivity contribution in [1.29, 1.82) is 0 Å². The van der Waals surface area contributed by atoms with Crippen LogP contribution in [-0.4, -0.2) is 15.6 Å². The van der Waals surface area contributed by atoms with Crippen molar-refractivity contribution in [2.24, 2.45) is 5.73 Å². The Balaban J connectivity index is 2.56. The summed E-state index contributed by atoms with van der Waals surface area (Å²) in [5.74, 6) is 0. The number of benzene rings is 1. The highest BCUT2D eigenvalue weighted by Gasteiger charge is 2.19. The molecule has 3 rings (SSSR count). The molecule has 1 aliphatic rings. The van der Waals surface area contributed by atoms with Gasteiger partial charge in [0, 0.05) is 12.6 Å². The molecular formula is C11H11N3O2. The molecule has 1 aromatic heterocycles. The van der Waals surface area contributed by atoms with Crippen LogP contribution < -0.4 is 17.0 Å². The third kappa shape index (κ3) is 1.15. The lowest BCUT2D eigenvalue weighted by molar-refractivity contribution is 0.520. The molecule has 5 nitrogen and oxygen atoms in total. The van der Waals surface area contributed by atoms with E-state index in [1.54, 1.807) is 10.6 Å². The van der Waals surface area contributed by atoms with Crippen molar-refractivity contribution < 1.29 is 0 Å². The summed E-state index contributed by atoms with van der Waals surface area (Å²) >= 11 is 0. The van der Waals surface area contributed by atoms with E-state index < -0.39 is 0 Å². The van der Waals surface area contributed by atoms with Crippen molar-refractivity contribution in [3.05, 3.63) is 44.6 Å². The van der Waals surface area contributed by atoms with Gasteiger partial charge in [-0.05, 0) is 18.1 Å². The summed E-state index contributed by atoms with van der Waals surface area (Å²) in [5, 5.41) is 0.559. The quantitative estimate of drug-likeness (QED) is 0.628. The molecule has 0 saturated heterocycles. The highest BCUT2D eigenvalue weighted by Crippen LogP contribution is 2.20.